The molecule has 0 fully saturated rings. The van der Waals surface area contributed by atoms with Crippen LogP contribution in [-0.4, -0.2) is 37.9 Å². The van der Waals surface area contributed by atoms with Crippen molar-refractivity contribution in [3.8, 4) is 28.5 Å². The van der Waals surface area contributed by atoms with Crippen molar-refractivity contribution in [2.24, 2.45) is 5.10 Å². The molecule has 7 heteroatoms. The minimum atomic E-state index is -0.342. The molecule has 0 radical (unpaired) electrons. The van der Waals surface area contributed by atoms with E-state index in [1.807, 2.05) is 60.7 Å². The van der Waals surface area contributed by atoms with Crippen molar-refractivity contribution < 1.29 is 19.0 Å². The van der Waals surface area contributed by atoms with E-state index in [9.17, 15) is 4.79 Å². The first-order chi connectivity index (χ1) is 17.1. The first-order valence-electron chi connectivity index (χ1n) is 11.3. The molecule has 35 heavy (non-hydrogen) atoms. The van der Waals surface area contributed by atoms with Gasteiger partial charge in [-0.05, 0) is 55.0 Å². The summed E-state index contributed by atoms with van der Waals surface area (Å²) in [5.74, 6) is 1.58. The quantitative estimate of drug-likeness (QED) is 0.260. The van der Waals surface area contributed by atoms with Crippen LogP contribution < -0.4 is 19.6 Å². The second-order valence-corrected chi connectivity index (χ2v) is 7.73. The van der Waals surface area contributed by atoms with Crippen LogP contribution in [0.4, 0.5) is 0 Å². The number of carbonyl (C=O) groups excluding carboxylic acids is 1. The van der Waals surface area contributed by atoms with Gasteiger partial charge in [0.15, 0.2) is 11.5 Å². The molecule has 0 spiro atoms. The number of hydrogen-bond donors (Lipinski definition) is 1. The van der Waals surface area contributed by atoms with Gasteiger partial charge < -0.3 is 14.2 Å². The molecule has 4 aromatic rings. The van der Waals surface area contributed by atoms with Crippen LogP contribution in [0.2, 0.25) is 0 Å². The van der Waals surface area contributed by atoms with Gasteiger partial charge in [0.2, 0.25) is 0 Å². The van der Waals surface area contributed by atoms with Gasteiger partial charge >= 0.3 is 0 Å². The summed E-state index contributed by atoms with van der Waals surface area (Å²) >= 11 is 0. The predicted molar refractivity (Wildman–Crippen MR) is 138 cm³/mol. The number of benzene rings is 3. The molecule has 4 rings (SSSR count). The maximum Gasteiger partial charge on any atom is 0.272 e. The van der Waals surface area contributed by atoms with E-state index in [4.69, 9.17) is 19.2 Å². The molecule has 7 nitrogen and oxygen atoms in total. The summed E-state index contributed by atoms with van der Waals surface area (Å²) in [6, 6.07) is 22.5. The number of pyridine rings is 1. The van der Waals surface area contributed by atoms with Gasteiger partial charge in [-0.3, -0.25) is 4.79 Å². The lowest BCUT2D eigenvalue weighted by Crippen LogP contribution is -2.18. The van der Waals surface area contributed by atoms with Crippen LogP contribution in [0, 0.1) is 0 Å². The third-order valence-corrected chi connectivity index (χ3v) is 5.39. The summed E-state index contributed by atoms with van der Waals surface area (Å²) in [4.78, 5) is 17.9. The molecule has 0 aliphatic rings. The summed E-state index contributed by atoms with van der Waals surface area (Å²) in [6.07, 6.45) is 2.47. The molecule has 0 saturated carbocycles. The van der Waals surface area contributed by atoms with E-state index in [0.29, 0.717) is 34.9 Å². The summed E-state index contributed by atoms with van der Waals surface area (Å²) in [7, 11) is 3.12. The highest BCUT2D eigenvalue weighted by Gasteiger charge is 2.14. The zero-order valence-corrected chi connectivity index (χ0v) is 19.9. The predicted octanol–water partition coefficient (Wildman–Crippen LogP) is 5.47. The molecule has 1 N–H and O–H groups in total. The monoisotopic (exact) mass is 469 g/mol. The maximum absolute atomic E-state index is 13.2. The molecule has 0 saturated heterocycles. The van der Waals surface area contributed by atoms with E-state index < -0.39 is 0 Å². The van der Waals surface area contributed by atoms with E-state index >= 15 is 0 Å². The molecule has 0 atom stereocenters. The number of ether oxygens (including phenoxy) is 3. The van der Waals surface area contributed by atoms with Crippen LogP contribution in [0.1, 0.15) is 29.3 Å². The fraction of sp³-hybridized carbons (Fsp3) is 0.179. The fourth-order valence-corrected chi connectivity index (χ4v) is 3.69. The molecule has 0 unspecified atom stereocenters. The standard InChI is InChI=1S/C28H27N3O4/c1-4-16-35-21-14-12-19(13-15-21)25-17-23(22-9-5-6-10-24(22)30-25)28(32)31-29-18-20-8-7-11-26(33-2)27(20)34-3/h5-15,17-18H,4,16H2,1-3H3,(H,31,32)/b29-18-. The number of nitrogens with one attached hydrogen (secondary N) is 1. The Labute approximate surface area is 204 Å². The second kappa shape index (κ2) is 11.2. The Morgan fingerprint density at radius 2 is 1.80 bits per heavy atom. The molecule has 3 aromatic carbocycles. The largest absolute Gasteiger partial charge is 0.494 e. The third-order valence-electron chi connectivity index (χ3n) is 5.39. The Morgan fingerprint density at radius 1 is 1.00 bits per heavy atom. The van der Waals surface area contributed by atoms with Crippen LogP contribution in [0.15, 0.2) is 77.9 Å². The number of amides is 1. The summed E-state index contributed by atoms with van der Waals surface area (Å²) in [5, 5.41) is 4.90. The number of nitrogens with zero attached hydrogens (tertiary/aromatic N) is 2. The molecular weight excluding hydrogens is 442 g/mol. The van der Waals surface area contributed by atoms with Crippen molar-refractivity contribution in [1.29, 1.82) is 0 Å². The van der Waals surface area contributed by atoms with Gasteiger partial charge in [0.25, 0.3) is 5.91 Å². The second-order valence-electron chi connectivity index (χ2n) is 7.73. The number of hydrogen-bond acceptors (Lipinski definition) is 6. The summed E-state index contributed by atoms with van der Waals surface area (Å²) < 4.78 is 16.4. The van der Waals surface area contributed by atoms with Gasteiger partial charge in [-0.15, -0.1) is 0 Å². The highest BCUT2D eigenvalue weighted by atomic mass is 16.5. The molecule has 0 aliphatic heterocycles. The number of para-hydroxylation sites is 2. The summed E-state index contributed by atoms with van der Waals surface area (Å²) in [5.41, 5.74) is 6.08. The van der Waals surface area contributed by atoms with Crippen LogP contribution in [0.3, 0.4) is 0 Å². The Kier molecular flexibility index (Phi) is 7.57. The van der Waals surface area contributed by atoms with Gasteiger partial charge in [0, 0.05) is 16.5 Å². The van der Waals surface area contributed by atoms with Crippen molar-refractivity contribution in [2.45, 2.75) is 13.3 Å². The van der Waals surface area contributed by atoms with Gasteiger partial charge in [0.1, 0.15) is 5.75 Å². The van der Waals surface area contributed by atoms with Gasteiger partial charge in [-0.2, -0.15) is 5.10 Å². The average molecular weight is 470 g/mol. The molecule has 178 valence electrons. The number of methoxy groups -OCH3 is 2. The lowest BCUT2D eigenvalue weighted by atomic mass is 10.0. The first-order valence-corrected chi connectivity index (χ1v) is 11.3. The molecule has 1 amide bonds. The SMILES string of the molecule is CCCOc1ccc(-c2cc(C(=O)N/N=C\c3cccc(OC)c3OC)c3ccccc3n2)cc1. The third kappa shape index (κ3) is 5.41. The minimum Gasteiger partial charge on any atom is -0.494 e. The van der Waals surface area contributed by atoms with E-state index in [2.05, 4.69) is 17.5 Å². The first kappa shape index (κ1) is 23.8. The Bertz CT molecular complexity index is 1350. The zero-order chi connectivity index (χ0) is 24.6. The molecule has 0 aliphatic carbocycles. The van der Waals surface area contributed by atoms with Crippen LogP contribution in [0.25, 0.3) is 22.2 Å². The maximum atomic E-state index is 13.2. The summed E-state index contributed by atoms with van der Waals surface area (Å²) in [6.45, 7) is 2.73. The van der Waals surface area contributed by atoms with Crippen molar-refractivity contribution in [2.75, 3.05) is 20.8 Å². The fourth-order valence-electron chi connectivity index (χ4n) is 3.69. The lowest BCUT2D eigenvalue weighted by molar-refractivity contribution is 0.0956. The Balaban J connectivity index is 1.62. The average Bonchev–Trinajstić information content (AvgIpc) is 2.91. The lowest BCUT2D eigenvalue weighted by Gasteiger charge is -2.11. The van der Waals surface area contributed by atoms with Crippen molar-refractivity contribution >= 4 is 23.0 Å². The molecule has 1 heterocycles. The minimum absolute atomic E-state index is 0.342. The normalized spacial score (nSPS) is 10.9. The zero-order valence-electron chi connectivity index (χ0n) is 19.9. The Hall–Kier alpha value is -4.39. The van der Waals surface area contributed by atoms with Crippen LogP contribution in [-0.2, 0) is 0 Å². The number of rotatable bonds is 9. The number of hydrazone groups is 1. The van der Waals surface area contributed by atoms with E-state index in [1.165, 1.54) is 6.21 Å². The Morgan fingerprint density at radius 3 is 2.54 bits per heavy atom. The van der Waals surface area contributed by atoms with Crippen LogP contribution >= 0.6 is 0 Å². The number of carbonyl (C=O) groups is 1. The van der Waals surface area contributed by atoms with Crippen molar-refractivity contribution in [3.05, 3.63) is 83.9 Å². The number of aromatic nitrogens is 1. The molecular formula is C28H27N3O4. The van der Waals surface area contributed by atoms with Gasteiger partial charge in [0.05, 0.1) is 43.8 Å². The topological polar surface area (TPSA) is 82.0 Å². The van der Waals surface area contributed by atoms with E-state index in [1.54, 1.807) is 26.4 Å². The van der Waals surface area contributed by atoms with Gasteiger partial charge in [-0.25, -0.2) is 10.4 Å². The van der Waals surface area contributed by atoms with Gasteiger partial charge in [-0.1, -0.05) is 31.2 Å². The number of fused-ring (bicyclic) bond motifs is 1. The van der Waals surface area contributed by atoms with Crippen LogP contribution in [0.5, 0.6) is 17.2 Å². The molecule has 1 aromatic heterocycles. The highest BCUT2D eigenvalue weighted by molar-refractivity contribution is 6.07. The van der Waals surface area contributed by atoms with E-state index in [0.717, 1.165) is 28.6 Å². The van der Waals surface area contributed by atoms with E-state index in [-0.39, 0.29) is 5.91 Å². The smallest absolute Gasteiger partial charge is 0.272 e. The van der Waals surface area contributed by atoms with Crippen molar-refractivity contribution in [1.82, 2.24) is 10.4 Å². The van der Waals surface area contributed by atoms with Crippen molar-refractivity contribution in [3.63, 3.8) is 0 Å². The molecule has 0 bridgehead atoms. The highest BCUT2D eigenvalue weighted by Crippen LogP contribution is 2.29.